The lowest BCUT2D eigenvalue weighted by atomic mass is 10.0. The van der Waals surface area contributed by atoms with E-state index < -0.39 is 224 Å². The van der Waals surface area contributed by atoms with E-state index in [1.807, 2.05) is 0 Å². The third-order valence-electron chi connectivity index (χ3n) is 24.9. The molecule has 51 heteroatoms. The number of para-hydroxylation sites is 1. The van der Waals surface area contributed by atoms with Crippen LogP contribution >= 0.6 is 0 Å². The highest BCUT2D eigenvalue weighted by Gasteiger charge is 2.46. The van der Waals surface area contributed by atoms with Gasteiger partial charge in [0.2, 0.25) is 88.6 Å². The van der Waals surface area contributed by atoms with Crippen LogP contribution in [-0.4, -0.2) is 346 Å². The average Bonchev–Trinajstić information content (AvgIpc) is 1.54. The Labute approximate surface area is 847 Å². The average molecular weight is 2060 g/mol. The minimum Gasteiger partial charge on any atom is -0.481 e. The highest BCUT2D eigenvalue weighted by atomic mass is 16.5. The van der Waals surface area contributed by atoms with E-state index in [0.29, 0.717) is 48.0 Å². The van der Waals surface area contributed by atoms with Crippen molar-refractivity contribution in [1.29, 1.82) is 10.8 Å². The highest BCUT2D eigenvalue weighted by Crippen LogP contribution is 2.28. The number of guanidine groups is 2. The summed E-state index contributed by atoms with van der Waals surface area (Å²) in [4.78, 5) is 273. The molecule has 0 aliphatic carbocycles. The van der Waals surface area contributed by atoms with Crippen LogP contribution < -0.4 is 97.0 Å². The summed E-state index contributed by atoms with van der Waals surface area (Å²) < 4.78 is 11.0. The maximum absolute atomic E-state index is 15.6. The van der Waals surface area contributed by atoms with Crippen LogP contribution in [0.2, 0.25) is 0 Å². The van der Waals surface area contributed by atoms with Crippen LogP contribution in [0.3, 0.4) is 0 Å². The Balaban J connectivity index is 1.14. The normalized spacial score (nSPS) is 18.5. The molecular weight excluding hydrogens is 1910 g/mol. The lowest BCUT2D eigenvalue weighted by molar-refractivity contribution is -0.148. The molecule has 0 bridgehead atoms. The number of carboxylic acids is 4. The van der Waals surface area contributed by atoms with E-state index in [1.54, 1.807) is 30.5 Å². The number of nitrogens with two attached hydrogens (primary N) is 3. The first-order valence-electron chi connectivity index (χ1n) is 50.5. The second-order valence-corrected chi connectivity index (χ2v) is 36.8. The molecule has 146 heavy (non-hydrogen) atoms. The molecule has 0 saturated carbocycles. The van der Waals surface area contributed by atoms with Gasteiger partial charge in [0.25, 0.3) is 0 Å². The quantitative estimate of drug-likeness (QED) is 0.0157. The fraction of sp³-hybridized carbons (Fsp3) is 0.663. The van der Waals surface area contributed by atoms with Gasteiger partial charge in [0.15, 0.2) is 11.9 Å². The molecule has 812 valence electrons. The van der Waals surface area contributed by atoms with Gasteiger partial charge < -0.3 is 147 Å². The maximum Gasteiger partial charge on any atom is 0.317 e. The molecule has 29 N–H and O–H groups in total. The maximum atomic E-state index is 15.6. The van der Waals surface area contributed by atoms with Crippen LogP contribution in [0.25, 0.3) is 10.9 Å². The molecule has 15 amide bonds. The number of unbranched alkanes of at least 4 members (excludes halogenated alkanes) is 13. The number of carbonyl (C=O) groups is 19. The minimum atomic E-state index is -1.83. The molecule has 0 spiro atoms. The van der Waals surface area contributed by atoms with Gasteiger partial charge in [0, 0.05) is 121 Å². The highest BCUT2D eigenvalue weighted by molar-refractivity contribution is 6.01. The first kappa shape index (κ1) is 121. The van der Waals surface area contributed by atoms with Gasteiger partial charge in [-0.15, -0.1) is 0 Å². The molecule has 0 unspecified atom stereocenters. The van der Waals surface area contributed by atoms with Crippen molar-refractivity contribution in [2.75, 3.05) is 105 Å². The summed E-state index contributed by atoms with van der Waals surface area (Å²) in [5.41, 5.74) is 18.5. The van der Waals surface area contributed by atoms with Crippen LogP contribution in [0.5, 0.6) is 0 Å². The third kappa shape index (κ3) is 48.3. The van der Waals surface area contributed by atoms with Crippen molar-refractivity contribution in [2.24, 2.45) is 17.2 Å². The molecule has 2 aromatic heterocycles. The largest absolute Gasteiger partial charge is 0.481 e. The Morgan fingerprint density at radius 3 is 1.77 bits per heavy atom. The second-order valence-electron chi connectivity index (χ2n) is 36.8. The van der Waals surface area contributed by atoms with Gasteiger partial charge in [0.1, 0.15) is 61.0 Å². The first-order valence-corrected chi connectivity index (χ1v) is 50.5. The number of nitrogens with one attached hydrogen (secondary N) is 19. The standard InChI is InChI=1S/C95H152N26O25/c1-60(122)111-67-29-20-39-102-77(124)51-73(118-90(141)71(49-61-52-107-65-27-15-14-26-64(61)65)116-88(139)68(30-21-40-105-94(97)98)113-78(125)55-109-85(136)72(117-87(67)138)50-63-53-101-59-110-63)92(143)121-45-24-33-75(121)93(144)120-44-23-32-74(120)91(142)115-69(31-22-41-106-95(99)100)89(140)114-70(36-37-81(129)130)86(137)112-62(25-17-19-43-119(56-82(131)132)57-83(133)134)54-108-66(84(96)135)28-16-18-38-103-79(126)58-146-48-47-145-46-42-104-76(123)34-12-10-8-6-4-2-3-5-7-9-11-13-35-80(127)128/h14-15,26-27,52-53,59,62,66-75,107-108H,2-13,16-25,28-51,54-58H2,1H3,(H2,96,135)(H,101,110)(H,102,124)(H,103,126)(H,104,123)(H,109,136)(H,111,122)(H,112,137)(H,113,125)(H,114,140)(H,115,142)(H,116,139)(H,117,138)(H,118,141)(H,127,128)(H,129,130)(H,131,132)(H,133,134)(H4,97,98,105)(H4,99,100,106)/t62-,66-,67-,68-,69-,70-,71-,72-,73-,74-,75-/m0/s1. The SMILES string of the molecule is CC(=O)N[C@H]1CCCNC(=O)C[C@@H](C(=O)N2CCC[C@H]2C(=O)N2CCC[C@H]2C(=O)N[C@@H](CCCNC(=N)N)C(=O)N[C@@H](CCC(=O)O)C(=O)N[C@@H](CCCCN(CC(=O)O)CC(=O)O)CN[C@@H](CCCCNC(=O)COCCOCCNC(=O)CCCCCCCCCCCCCCC(=O)O)C(N)=O)NC(=O)[C@H](Cc2c[nH]c3ccccc23)NC(=O)[C@H](CCCNC(=N)N)NC(=O)CNC(=O)[C@H](Cc2c[nH]cn2)NC1=O. The van der Waals surface area contributed by atoms with E-state index in [4.69, 9.17) is 42.6 Å². The number of nitrogens with zero attached hydrogens (tertiary/aromatic N) is 4. The molecule has 5 heterocycles. The number of aromatic nitrogens is 3. The van der Waals surface area contributed by atoms with Crippen LogP contribution in [0.4, 0.5) is 0 Å². The van der Waals surface area contributed by atoms with Crippen molar-refractivity contribution in [3.63, 3.8) is 0 Å². The topological polar surface area (TPSA) is 784 Å². The van der Waals surface area contributed by atoms with E-state index in [0.717, 1.165) is 76.0 Å². The van der Waals surface area contributed by atoms with Crippen molar-refractivity contribution < 1.29 is 121 Å². The van der Waals surface area contributed by atoms with E-state index in [1.165, 1.54) is 35.2 Å². The minimum absolute atomic E-state index is 0.00115. The predicted octanol–water partition coefficient (Wildman–Crippen LogP) is -2.57. The fourth-order valence-electron chi connectivity index (χ4n) is 17.4. The summed E-state index contributed by atoms with van der Waals surface area (Å²) >= 11 is 0. The predicted molar refractivity (Wildman–Crippen MR) is 530 cm³/mol. The van der Waals surface area contributed by atoms with Gasteiger partial charge in [-0.05, 0) is 134 Å². The summed E-state index contributed by atoms with van der Waals surface area (Å²) in [6.45, 7) is -0.752. The molecule has 0 radical (unpaired) electrons. The number of ether oxygens (including phenoxy) is 2. The summed E-state index contributed by atoms with van der Waals surface area (Å²) in [7, 11) is 0. The summed E-state index contributed by atoms with van der Waals surface area (Å²) in [6, 6.07) is -8.61. The fourth-order valence-corrected chi connectivity index (χ4v) is 17.4. The van der Waals surface area contributed by atoms with E-state index >= 15 is 19.2 Å². The molecule has 3 aliphatic rings. The molecule has 6 rings (SSSR count). The number of hydrogen-bond acceptors (Lipinski definition) is 26. The number of benzene rings is 1. The first-order chi connectivity index (χ1) is 69.9. The number of fused-ring (bicyclic) bond motifs is 1. The zero-order valence-electron chi connectivity index (χ0n) is 83.3. The lowest BCUT2D eigenvalue weighted by Gasteiger charge is -2.33. The van der Waals surface area contributed by atoms with Crippen molar-refractivity contribution >= 4 is 135 Å². The number of likely N-dealkylation sites (tertiary alicyclic amines) is 2. The van der Waals surface area contributed by atoms with E-state index in [9.17, 15) is 87.2 Å². The number of carbonyl (C=O) groups excluding carboxylic acids is 15. The molecule has 11 atom stereocenters. The van der Waals surface area contributed by atoms with E-state index in [-0.39, 0.29) is 194 Å². The van der Waals surface area contributed by atoms with Crippen LogP contribution in [0.1, 0.15) is 230 Å². The summed E-state index contributed by atoms with van der Waals surface area (Å²) in [6.07, 6.45) is 16.2. The number of rotatable bonds is 65. The smallest absolute Gasteiger partial charge is 0.317 e. The van der Waals surface area contributed by atoms with Gasteiger partial charge in [-0.2, -0.15) is 0 Å². The number of imidazole rings is 1. The van der Waals surface area contributed by atoms with Crippen molar-refractivity contribution in [3.8, 4) is 0 Å². The van der Waals surface area contributed by atoms with Crippen molar-refractivity contribution in [3.05, 3.63) is 54.2 Å². The van der Waals surface area contributed by atoms with Gasteiger partial charge >= 0.3 is 23.9 Å². The van der Waals surface area contributed by atoms with Gasteiger partial charge in [-0.25, -0.2) is 4.98 Å². The Kier molecular flexibility index (Phi) is 56.2. The number of primary amides is 1. The Bertz CT molecular complexity index is 4740. The van der Waals surface area contributed by atoms with Crippen LogP contribution in [0, 0.1) is 10.8 Å². The van der Waals surface area contributed by atoms with Gasteiger partial charge in [-0.1, -0.05) is 88.8 Å². The van der Waals surface area contributed by atoms with Crippen molar-refractivity contribution in [1.82, 2.24) is 109 Å². The Morgan fingerprint density at radius 1 is 0.527 bits per heavy atom. The Hall–Kier alpha value is -13.7. The molecule has 3 saturated heterocycles. The summed E-state index contributed by atoms with van der Waals surface area (Å²) in [5.74, 6) is -17.5. The zero-order valence-corrected chi connectivity index (χ0v) is 83.3. The number of carboxylic acid groups (broad SMARTS) is 4. The molecule has 3 aromatic rings. The molecule has 1 aromatic carbocycles. The molecule has 51 nitrogen and oxygen atoms in total. The molecule has 3 fully saturated rings. The zero-order chi connectivity index (χ0) is 107. The second kappa shape index (κ2) is 67.8. The Morgan fingerprint density at radius 2 is 1.12 bits per heavy atom. The van der Waals surface area contributed by atoms with E-state index in [2.05, 4.69) is 94.7 Å². The molecule has 3 aliphatic heterocycles. The number of aliphatic carboxylic acids is 4. The summed E-state index contributed by atoms with van der Waals surface area (Å²) in [5, 5.41) is 94.3. The monoisotopic (exact) mass is 2060 g/mol. The van der Waals surface area contributed by atoms with Gasteiger partial charge in [0.05, 0.1) is 63.9 Å². The number of amides is 15. The van der Waals surface area contributed by atoms with Gasteiger partial charge in [-0.3, -0.25) is 107 Å². The number of hydrogen-bond donors (Lipinski definition) is 26. The third-order valence-corrected chi connectivity index (χ3v) is 24.9. The number of H-pyrrole nitrogens is 2. The molecular formula is C95H152N26O25. The lowest BCUT2D eigenvalue weighted by Crippen LogP contribution is -2.60. The van der Waals surface area contributed by atoms with Crippen LogP contribution in [0.15, 0.2) is 43.0 Å². The number of aromatic amines is 2. The van der Waals surface area contributed by atoms with Crippen LogP contribution in [-0.2, 0) is 113 Å². The van der Waals surface area contributed by atoms with Crippen molar-refractivity contribution in [2.45, 2.75) is 298 Å².